The molecule has 1 saturated heterocycles. The molecule has 2 heterocycles. The van der Waals surface area contributed by atoms with Gasteiger partial charge in [0.2, 0.25) is 5.91 Å². The van der Waals surface area contributed by atoms with Crippen LogP contribution in [0, 0.1) is 11.6 Å². The van der Waals surface area contributed by atoms with E-state index >= 15 is 0 Å². The summed E-state index contributed by atoms with van der Waals surface area (Å²) in [5, 5.41) is 18.3. The number of carbonyl (C=O) groups is 1. The smallest absolute Gasteiger partial charge is 0.235 e. The quantitative estimate of drug-likeness (QED) is 0.836. The van der Waals surface area contributed by atoms with Gasteiger partial charge in [0.15, 0.2) is 0 Å². The van der Waals surface area contributed by atoms with Crippen molar-refractivity contribution in [2.45, 2.75) is 57.0 Å². The van der Waals surface area contributed by atoms with Gasteiger partial charge in [-0.2, -0.15) is 5.10 Å². The average molecular weight is 401 g/mol. The van der Waals surface area contributed by atoms with E-state index in [1.165, 1.54) is 18.2 Å². The fourth-order valence-electron chi connectivity index (χ4n) is 5.00. The SMILES string of the molecule is CC.CC1(O)CN(C(=O)[C@@]23CC[C@@H](C2)c2cc(-c4c(F)cccc4F)nnc23)C1. The van der Waals surface area contributed by atoms with Crippen molar-refractivity contribution in [3.8, 4) is 11.3 Å². The molecule has 154 valence electrons. The summed E-state index contributed by atoms with van der Waals surface area (Å²) >= 11 is 0. The van der Waals surface area contributed by atoms with Crippen LogP contribution in [0.25, 0.3) is 11.3 Å². The number of likely N-dealkylation sites (tertiary alicyclic amines) is 1. The van der Waals surface area contributed by atoms with Crippen molar-refractivity contribution in [2.75, 3.05) is 13.1 Å². The number of hydrogen-bond donors (Lipinski definition) is 1. The average Bonchev–Trinajstić information content (AvgIpc) is 3.25. The van der Waals surface area contributed by atoms with Gasteiger partial charge >= 0.3 is 0 Å². The maximum absolute atomic E-state index is 14.1. The summed E-state index contributed by atoms with van der Waals surface area (Å²) in [6, 6.07) is 5.39. The molecule has 3 aliphatic rings. The number of nitrogens with zero attached hydrogens (tertiary/aromatic N) is 3. The first-order valence-electron chi connectivity index (χ1n) is 10.1. The van der Waals surface area contributed by atoms with Gasteiger partial charge in [-0.3, -0.25) is 4.79 Å². The second-order valence-electron chi connectivity index (χ2n) is 8.31. The van der Waals surface area contributed by atoms with Crippen LogP contribution in [0.1, 0.15) is 57.2 Å². The molecule has 5 rings (SSSR count). The van der Waals surface area contributed by atoms with E-state index in [0.29, 0.717) is 31.6 Å². The van der Waals surface area contributed by atoms with Gasteiger partial charge in [0.05, 0.1) is 41.1 Å². The highest BCUT2D eigenvalue weighted by atomic mass is 19.1. The molecule has 7 heteroatoms. The van der Waals surface area contributed by atoms with Crippen LogP contribution in [-0.4, -0.2) is 44.8 Å². The van der Waals surface area contributed by atoms with Crippen LogP contribution in [0.2, 0.25) is 0 Å². The molecule has 1 N–H and O–H groups in total. The Kier molecular flexibility index (Phi) is 4.69. The zero-order chi connectivity index (χ0) is 21.0. The lowest BCUT2D eigenvalue weighted by molar-refractivity contribution is -0.158. The van der Waals surface area contributed by atoms with Crippen molar-refractivity contribution in [3.05, 3.63) is 47.2 Å². The minimum Gasteiger partial charge on any atom is -0.386 e. The molecule has 2 fully saturated rings. The molecule has 1 aromatic heterocycles. The van der Waals surface area contributed by atoms with Crippen molar-refractivity contribution in [1.29, 1.82) is 0 Å². The third-order valence-corrected chi connectivity index (χ3v) is 6.21. The fraction of sp³-hybridized carbons (Fsp3) is 0.500. The second-order valence-corrected chi connectivity index (χ2v) is 8.31. The summed E-state index contributed by atoms with van der Waals surface area (Å²) in [4.78, 5) is 14.8. The normalized spacial score (nSPS) is 25.7. The molecule has 1 saturated carbocycles. The first kappa shape index (κ1) is 19.9. The topological polar surface area (TPSA) is 66.3 Å². The van der Waals surface area contributed by atoms with Gasteiger partial charge in [0.25, 0.3) is 0 Å². The highest BCUT2D eigenvalue weighted by molar-refractivity contribution is 5.91. The van der Waals surface area contributed by atoms with Gasteiger partial charge in [-0.15, -0.1) is 5.10 Å². The largest absolute Gasteiger partial charge is 0.386 e. The third-order valence-electron chi connectivity index (χ3n) is 6.21. The highest BCUT2D eigenvalue weighted by Gasteiger charge is 2.58. The highest BCUT2D eigenvalue weighted by Crippen LogP contribution is 2.57. The number of rotatable bonds is 2. The number of carbonyl (C=O) groups excluding carboxylic acids is 1. The van der Waals surface area contributed by atoms with Crippen LogP contribution in [-0.2, 0) is 10.2 Å². The monoisotopic (exact) mass is 401 g/mol. The Morgan fingerprint density at radius 3 is 2.48 bits per heavy atom. The van der Waals surface area contributed by atoms with Gasteiger partial charge in [-0.25, -0.2) is 8.78 Å². The molecule has 2 aromatic rings. The lowest BCUT2D eigenvalue weighted by Gasteiger charge is -2.47. The number of β-amino-alcohol motifs (C(OH)–C–C–N with tert-alkyl or cyclic N) is 1. The van der Waals surface area contributed by atoms with Gasteiger partial charge in [-0.05, 0) is 55.9 Å². The van der Waals surface area contributed by atoms with Gasteiger partial charge in [0.1, 0.15) is 11.6 Å². The zero-order valence-corrected chi connectivity index (χ0v) is 16.9. The molecule has 1 amide bonds. The van der Waals surface area contributed by atoms with E-state index in [-0.39, 0.29) is 23.1 Å². The summed E-state index contributed by atoms with van der Waals surface area (Å²) in [6.07, 6.45) is 2.19. The lowest BCUT2D eigenvalue weighted by Crippen LogP contribution is -2.64. The minimum atomic E-state index is -0.830. The summed E-state index contributed by atoms with van der Waals surface area (Å²) < 4.78 is 28.2. The number of amides is 1. The van der Waals surface area contributed by atoms with E-state index in [9.17, 15) is 18.7 Å². The van der Waals surface area contributed by atoms with Crippen molar-refractivity contribution in [1.82, 2.24) is 15.1 Å². The van der Waals surface area contributed by atoms with E-state index in [2.05, 4.69) is 10.2 Å². The molecule has 2 atom stereocenters. The maximum atomic E-state index is 14.1. The Labute approximate surface area is 168 Å². The zero-order valence-electron chi connectivity index (χ0n) is 16.9. The van der Waals surface area contributed by atoms with E-state index in [1.807, 2.05) is 13.8 Å². The third kappa shape index (κ3) is 2.94. The van der Waals surface area contributed by atoms with E-state index in [4.69, 9.17) is 0 Å². The second kappa shape index (κ2) is 6.83. The van der Waals surface area contributed by atoms with Crippen molar-refractivity contribution >= 4 is 5.91 Å². The molecule has 2 bridgehead atoms. The van der Waals surface area contributed by atoms with Crippen LogP contribution in [0.3, 0.4) is 0 Å². The standard InChI is InChI=1S/C20H19F2N3O2.C2H6/c1-19(27)9-25(10-19)18(26)20-6-5-11(8-20)12-7-15(23-24-17(12)20)16-13(21)3-2-4-14(16)22;1-2/h2-4,7,11,27H,5-6,8-10H2,1H3;1-2H3/t11-,20-;/m0./s1. The lowest BCUT2D eigenvalue weighted by atomic mass is 9.79. The summed E-state index contributed by atoms with van der Waals surface area (Å²) in [5.41, 5.74) is -0.0640. The number of aliphatic hydroxyl groups is 1. The molecule has 0 spiro atoms. The molecule has 1 aliphatic heterocycles. The summed E-state index contributed by atoms with van der Waals surface area (Å²) in [6.45, 7) is 6.35. The number of halogens is 2. The summed E-state index contributed by atoms with van der Waals surface area (Å²) in [7, 11) is 0. The fourth-order valence-corrected chi connectivity index (χ4v) is 5.00. The van der Waals surface area contributed by atoms with E-state index in [1.54, 1.807) is 17.9 Å². The molecule has 5 nitrogen and oxygen atoms in total. The Morgan fingerprint density at radius 2 is 1.86 bits per heavy atom. The van der Waals surface area contributed by atoms with Crippen LogP contribution >= 0.6 is 0 Å². The van der Waals surface area contributed by atoms with Crippen LogP contribution in [0.15, 0.2) is 24.3 Å². The minimum absolute atomic E-state index is 0.0191. The van der Waals surface area contributed by atoms with Crippen molar-refractivity contribution < 1.29 is 18.7 Å². The van der Waals surface area contributed by atoms with Crippen LogP contribution in [0.4, 0.5) is 8.78 Å². The molecule has 0 unspecified atom stereocenters. The number of benzene rings is 1. The van der Waals surface area contributed by atoms with E-state index < -0.39 is 22.7 Å². The van der Waals surface area contributed by atoms with Gasteiger partial charge in [-0.1, -0.05) is 19.9 Å². The molecule has 1 aromatic carbocycles. The Balaban J connectivity index is 0.000000994. The van der Waals surface area contributed by atoms with E-state index in [0.717, 1.165) is 12.0 Å². The summed E-state index contributed by atoms with van der Waals surface area (Å²) in [5.74, 6) is -1.23. The molecular weight excluding hydrogens is 376 g/mol. The molecule has 0 radical (unpaired) electrons. The Bertz CT molecular complexity index is 950. The first-order valence-corrected chi connectivity index (χ1v) is 10.1. The van der Waals surface area contributed by atoms with Crippen molar-refractivity contribution in [2.24, 2.45) is 0 Å². The first-order chi connectivity index (χ1) is 13.8. The van der Waals surface area contributed by atoms with Gasteiger partial charge in [0, 0.05) is 0 Å². The Morgan fingerprint density at radius 1 is 1.21 bits per heavy atom. The van der Waals surface area contributed by atoms with Crippen molar-refractivity contribution in [3.63, 3.8) is 0 Å². The van der Waals surface area contributed by atoms with Crippen LogP contribution < -0.4 is 0 Å². The van der Waals surface area contributed by atoms with Gasteiger partial charge < -0.3 is 10.0 Å². The predicted molar refractivity (Wildman–Crippen MR) is 104 cm³/mol. The maximum Gasteiger partial charge on any atom is 0.235 e. The number of fused-ring (bicyclic) bond motifs is 5. The van der Waals surface area contributed by atoms with Crippen LogP contribution in [0.5, 0.6) is 0 Å². The Hall–Kier alpha value is -2.41. The molecular formula is C22H25F2N3O2. The molecule has 2 aliphatic carbocycles. The number of aromatic nitrogens is 2. The predicted octanol–water partition coefficient (Wildman–Crippen LogP) is 3.56. The number of hydrogen-bond acceptors (Lipinski definition) is 4. The molecule has 29 heavy (non-hydrogen) atoms.